The average Bonchev–Trinajstić information content (AvgIpc) is 2.96. The van der Waals surface area contributed by atoms with Crippen LogP contribution in [0.25, 0.3) is 11.1 Å². The van der Waals surface area contributed by atoms with Crippen LogP contribution in [0.2, 0.25) is 0 Å². The van der Waals surface area contributed by atoms with Gasteiger partial charge in [-0.2, -0.15) is 0 Å². The first kappa shape index (κ1) is 16.5. The van der Waals surface area contributed by atoms with Crippen molar-refractivity contribution in [2.75, 3.05) is 13.4 Å². The molecule has 5 heteroatoms. The van der Waals surface area contributed by atoms with Crippen LogP contribution < -0.4 is 4.74 Å². The number of allylic oxidation sites excluding steroid dienone is 2. The maximum atomic E-state index is 12.4. The molecule has 3 rings (SSSR count). The van der Waals surface area contributed by atoms with Crippen LogP contribution in [0.5, 0.6) is 5.75 Å². The van der Waals surface area contributed by atoms with Gasteiger partial charge in [-0.25, -0.2) is 8.42 Å². The van der Waals surface area contributed by atoms with Crippen molar-refractivity contribution in [2.24, 2.45) is 0 Å². The number of hydrogen-bond donors (Lipinski definition) is 0. The molecule has 2 aromatic carbocycles. The lowest BCUT2D eigenvalue weighted by molar-refractivity contribution is -0.113. The summed E-state index contributed by atoms with van der Waals surface area (Å²) < 4.78 is 28.4. The molecule has 0 unspecified atom stereocenters. The summed E-state index contributed by atoms with van der Waals surface area (Å²) in [7, 11) is -1.64. The third-order valence-corrected chi connectivity index (χ3v) is 5.30. The fraction of sp³-hybridized carbons (Fsp3) is 0.211. The quantitative estimate of drug-likeness (QED) is 0.855. The van der Waals surface area contributed by atoms with E-state index in [4.69, 9.17) is 4.74 Å². The Morgan fingerprint density at radius 3 is 2.29 bits per heavy atom. The van der Waals surface area contributed by atoms with E-state index in [2.05, 4.69) is 0 Å². The highest BCUT2D eigenvalue weighted by molar-refractivity contribution is 7.90. The van der Waals surface area contributed by atoms with Crippen LogP contribution >= 0.6 is 0 Å². The number of Topliss-reactive ketones (excluding diaryl/α,β-unsaturated/α-hetero) is 1. The Hall–Kier alpha value is -2.40. The van der Waals surface area contributed by atoms with Gasteiger partial charge in [-0.15, -0.1) is 0 Å². The number of benzene rings is 2. The van der Waals surface area contributed by atoms with Gasteiger partial charge in [0.2, 0.25) is 0 Å². The van der Waals surface area contributed by atoms with Gasteiger partial charge in [0.05, 0.1) is 12.0 Å². The first-order valence-electron chi connectivity index (χ1n) is 7.61. The molecule has 0 aliphatic heterocycles. The fourth-order valence-corrected chi connectivity index (χ4v) is 3.59. The second-order valence-electron chi connectivity index (χ2n) is 5.81. The van der Waals surface area contributed by atoms with E-state index in [-0.39, 0.29) is 10.7 Å². The number of carbonyl (C=O) groups is 1. The highest BCUT2D eigenvalue weighted by Crippen LogP contribution is 2.38. The minimum atomic E-state index is -3.23. The van der Waals surface area contributed by atoms with Gasteiger partial charge >= 0.3 is 0 Å². The molecule has 4 nitrogen and oxygen atoms in total. The van der Waals surface area contributed by atoms with Gasteiger partial charge in [-0.05, 0) is 47.4 Å². The van der Waals surface area contributed by atoms with Crippen molar-refractivity contribution in [2.45, 2.75) is 17.7 Å². The van der Waals surface area contributed by atoms with E-state index in [0.717, 1.165) is 16.7 Å². The summed E-state index contributed by atoms with van der Waals surface area (Å²) >= 11 is 0. The van der Waals surface area contributed by atoms with Gasteiger partial charge in [-0.3, -0.25) is 4.79 Å². The summed E-state index contributed by atoms with van der Waals surface area (Å²) in [6.45, 7) is 0. The molecule has 0 N–H and O–H groups in total. The minimum absolute atomic E-state index is 0.102. The molecule has 0 bridgehead atoms. The van der Waals surface area contributed by atoms with Gasteiger partial charge in [-0.1, -0.05) is 24.3 Å². The summed E-state index contributed by atoms with van der Waals surface area (Å²) in [6.07, 6.45) is 2.31. The normalized spacial score (nSPS) is 15.0. The Bertz CT molecular complexity index is 922. The molecule has 2 aromatic rings. The van der Waals surface area contributed by atoms with Gasteiger partial charge in [0, 0.05) is 18.2 Å². The maximum absolute atomic E-state index is 12.4. The second-order valence-corrected chi connectivity index (χ2v) is 7.82. The third-order valence-electron chi connectivity index (χ3n) is 4.17. The van der Waals surface area contributed by atoms with Crippen molar-refractivity contribution in [1.29, 1.82) is 0 Å². The van der Waals surface area contributed by atoms with Crippen LogP contribution in [-0.4, -0.2) is 27.6 Å². The van der Waals surface area contributed by atoms with Crippen LogP contribution in [-0.2, 0) is 14.6 Å². The van der Waals surface area contributed by atoms with Crippen LogP contribution in [0.3, 0.4) is 0 Å². The summed E-state index contributed by atoms with van der Waals surface area (Å²) in [6, 6.07) is 14.2. The molecule has 1 aliphatic carbocycles. The third kappa shape index (κ3) is 3.12. The smallest absolute Gasteiger partial charge is 0.175 e. The van der Waals surface area contributed by atoms with E-state index in [1.165, 1.54) is 6.26 Å². The Labute approximate surface area is 141 Å². The first-order chi connectivity index (χ1) is 11.4. The highest BCUT2D eigenvalue weighted by atomic mass is 32.2. The number of carbonyl (C=O) groups excluding carboxylic acids is 1. The van der Waals surface area contributed by atoms with E-state index in [0.29, 0.717) is 24.2 Å². The summed E-state index contributed by atoms with van der Waals surface area (Å²) in [4.78, 5) is 12.7. The van der Waals surface area contributed by atoms with Crippen molar-refractivity contribution in [3.8, 4) is 5.75 Å². The molecule has 0 radical (unpaired) electrons. The lowest BCUT2D eigenvalue weighted by Gasteiger charge is -2.09. The van der Waals surface area contributed by atoms with Crippen molar-refractivity contribution in [3.63, 3.8) is 0 Å². The number of ether oxygens (including phenoxy) is 1. The van der Waals surface area contributed by atoms with E-state index < -0.39 is 9.84 Å². The van der Waals surface area contributed by atoms with Crippen LogP contribution in [0.4, 0.5) is 0 Å². The molecule has 0 fully saturated rings. The molecule has 124 valence electrons. The molecule has 0 heterocycles. The molecule has 0 saturated carbocycles. The maximum Gasteiger partial charge on any atom is 0.175 e. The van der Waals surface area contributed by atoms with Gasteiger partial charge in [0.1, 0.15) is 5.75 Å². The second kappa shape index (κ2) is 6.24. The Morgan fingerprint density at radius 1 is 0.958 bits per heavy atom. The van der Waals surface area contributed by atoms with Crippen LogP contribution in [0.15, 0.2) is 53.4 Å². The lowest BCUT2D eigenvalue weighted by Crippen LogP contribution is -1.98. The predicted molar refractivity (Wildman–Crippen MR) is 93.6 cm³/mol. The topological polar surface area (TPSA) is 60.4 Å². The van der Waals surface area contributed by atoms with E-state index in [1.807, 2.05) is 24.3 Å². The Balaban J connectivity index is 2.09. The summed E-state index contributed by atoms with van der Waals surface area (Å²) in [5.74, 6) is 0.803. The SMILES string of the molecule is COc1cccc(C2=C(c3ccc(S(C)(=O)=O)cc3)CCC2=O)c1. The largest absolute Gasteiger partial charge is 0.497 e. The van der Waals surface area contributed by atoms with Gasteiger partial charge in [0.15, 0.2) is 15.6 Å². The highest BCUT2D eigenvalue weighted by Gasteiger charge is 2.25. The zero-order chi connectivity index (χ0) is 17.3. The number of hydrogen-bond acceptors (Lipinski definition) is 4. The lowest BCUT2D eigenvalue weighted by atomic mass is 9.96. The number of rotatable bonds is 4. The number of methoxy groups -OCH3 is 1. The zero-order valence-electron chi connectivity index (χ0n) is 13.6. The summed E-state index contributed by atoms with van der Waals surface area (Å²) in [5.41, 5.74) is 3.36. The monoisotopic (exact) mass is 342 g/mol. The van der Waals surface area contributed by atoms with E-state index >= 15 is 0 Å². The van der Waals surface area contributed by atoms with Crippen molar-refractivity contribution < 1.29 is 17.9 Å². The van der Waals surface area contributed by atoms with E-state index in [1.54, 1.807) is 31.4 Å². The molecular formula is C19H18O4S. The van der Waals surface area contributed by atoms with Crippen LogP contribution in [0.1, 0.15) is 24.0 Å². The summed E-state index contributed by atoms with van der Waals surface area (Å²) in [5, 5.41) is 0. The molecule has 1 aliphatic rings. The Morgan fingerprint density at radius 2 is 1.67 bits per heavy atom. The van der Waals surface area contributed by atoms with E-state index in [9.17, 15) is 13.2 Å². The standard InChI is InChI=1S/C19H18O4S/c1-23-15-5-3-4-14(12-15)19-17(10-11-18(19)20)13-6-8-16(9-7-13)24(2,21)22/h3-9,12H,10-11H2,1-2H3. The van der Waals surface area contributed by atoms with Crippen molar-refractivity contribution in [1.82, 2.24) is 0 Å². The number of ketones is 1. The molecule has 0 amide bonds. The predicted octanol–water partition coefficient (Wildman–Crippen LogP) is 3.37. The minimum Gasteiger partial charge on any atom is -0.497 e. The first-order valence-corrected chi connectivity index (χ1v) is 9.50. The molecule has 0 saturated heterocycles. The Kier molecular flexibility index (Phi) is 4.28. The molecule has 0 spiro atoms. The molecule has 24 heavy (non-hydrogen) atoms. The van der Waals surface area contributed by atoms with Crippen molar-refractivity contribution in [3.05, 3.63) is 59.7 Å². The average molecular weight is 342 g/mol. The molecule has 0 atom stereocenters. The molecule has 0 aromatic heterocycles. The van der Waals surface area contributed by atoms with Crippen molar-refractivity contribution >= 4 is 26.8 Å². The number of sulfone groups is 1. The van der Waals surface area contributed by atoms with Gasteiger partial charge in [0.25, 0.3) is 0 Å². The zero-order valence-corrected chi connectivity index (χ0v) is 14.4. The molecular weight excluding hydrogens is 324 g/mol. The van der Waals surface area contributed by atoms with Gasteiger partial charge < -0.3 is 4.74 Å². The van der Waals surface area contributed by atoms with Crippen LogP contribution in [0, 0.1) is 0 Å². The fourth-order valence-electron chi connectivity index (χ4n) is 2.96.